The molecule has 0 aliphatic carbocycles. The lowest BCUT2D eigenvalue weighted by Crippen LogP contribution is -2.53. The number of thiocarbonyl (C=S) groups is 1. The standard InChI is InChI=1S/C32H31N3OS/c36-31(29(25-13-5-1-6-14-25)26-15-7-2-8-16-26)33-32(37)35-23-21-34(22-24-35)30(27-17-9-3-10-18-27)28-19-11-4-12-20-28/h1-20,29-30H,21-24H2,(H,33,36,37). The number of carbonyl (C=O) groups is 1. The first kappa shape index (κ1) is 24.9. The molecule has 0 atom stereocenters. The molecule has 0 spiro atoms. The van der Waals surface area contributed by atoms with Gasteiger partial charge in [0, 0.05) is 26.2 Å². The molecule has 0 aromatic heterocycles. The van der Waals surface area contributed by atoms with Crippen molar-refractivity contribution >= 4 is 23.2 Å². The summed E-state index contributed by atoms with van der Waals surface area (Å²) in [4.78, 5) is 18.1. The Kier molecular flexibility index (Phi) is 8.04. The van der Waals surface area contributed by atoms with Gasteiger partial charge in [-0.15, -0.1) is 0 Å². The first-order chi connectivity index (χ1) is 18.2. The van der Waals surface area contributed by atoms with Crippen LogP contribution in [0.5, 0.6) is 0 Å². The van der Waals surface area contributed by atoms with E-state index in [9.17, 15) is 4.79 Å². The largest absolute Gasteiger partial charge is 0.346 e. The van der Waals surface area contributed by atoms with Crippen LogP contribution in [0.1, 0.15) is 34.2 Å². The number of piperazine rings is 1. The zero-order chi connectivity index (χ0) is 25.5. The van der Waals surface area contributed by atoms with Gasteiger partial charge in [0.15, 0.2) is 5.11 Å². The number of amides is 1. The number of carbonyl (C=O) groups excluding carboxylic acids is 1. The second-order valence-corrected chi connectivity index (χ2v) is 9.68. The van der Waals surface area contributed by atoms with E-state index in [4.69, 9.17) is 12.2 Å². The highest BCUT2D eigenvalue weighted by atomic mass is 32.1. The van der Waals surface area contributed by atoms with Gasteiger partial charge in [0.1, 0.15) is 0 Å². The van der Waals surface area contributed by atoms with Gasteiger partial charge < -0.3 is 10.2 Å². The zero-order valence-electron chi connectivity index (χ0n) is 20.7. The fourth-order valence-corrected chi connectivity index (χ4v) is 5.39. The maximum atomic E-state index is 13.5. The fraction of sp³-hybridized carbons (Fsp3) is 0.188. The molecular formula is C32H31N3OS. The Bertz CT molecular complexity index is 1210. The molecule has 1 N–H and O–H groups in total. The Morgan fingerprint density at radius 2 is 0.973 bits per heavy atom. The number of nitrogens with one attached hydrogen (secondary N) is 1. The Hall–Kier alpha value is -3.80. The summed E-state index contributed by atoms with van der Waals surface area (Å²) >= 11 is 5.74. The fourth-order valence-electron chi connectivity index (χ4n) is 5.11. The van der Waals surface area contributed by atoms with E-state index in [2.05, 4.69) is 75.8 Å². The SMILES string of the molecule is O=C(NC(=S)N1CCN(C(c2ccccc2)c2ccccc2)CC1)C(c1ccccc1)c1ccccc1. The molecule has 1 aliphatic heterocycles. The van der Waals surface area contributed by atoms with Crippen LogP contribution in [0.4, 0.5) is 0 Å². The van der Waals surface area contributed by atoms with Crippen molar-refractivity contribution in [2.45, 2.75) is 12.0 Å². The number of hydrogen-bond acceptors (Lipinski definition) is 3. The van der Waals surface area contributed by atoms with E-state index in [0.717, 1.165) is 37.3 Å². The minimum absolute atomic E-state index is 0.101. The molecule has 186 valence electrons. The topological polar surface area (TPSA) is 35.6 Å². The molecular weight excluding hydrogens is 474 g/mol. The molecule has 0 unspecified atom stereocenters. The third-order valence-electron chi connectivity index (χ3n) is 6.96. The summed E-state index contributed by atoms with van der Waals surface area (Å²) in [5.41, 5.74) is 4.47. The molecule has 5 heteroatoms. The molecule has 1 saturated heterocycles. The first-order valence-electron chi connectivity index (χ1n) is 12.7. The maximum Gasteiger partial charge on any atom is 0.238 e. The highest BCUT2D eigenvalue weighted by molar-refractivity contribution is 7.80. The maximum absolute atomic E-state index is 13.5. The molecule has 1 aliphatic rings. The van der Waals surface area contributed by atoms with Crippen molar-refractivity contribution in [2.75, 3.05) is 26.2 Å². The minimum Gasteiger partial charge on any atom is -0.346 e. The average molecular weight is 506 g/mol. The highest BCUT2D eigenvalue weighted by Gasteiger charge is 2.29. The summed E-state index contributed by atoms with van der Waals surface area (Å²) in [6.07, 6.45) is 0. The minimum atomic E-state index is -0.415. The van der Waals surface area contributed by atoms with E-state index in [1.165, 1.54) is 11.1 Å². The van der Waals surface area contributed by atoms with Gasteiger partial charge in [-0.3, -0.25) is 9.69 Å². The van der Waals surface area contributed by atoms with E-state index in [1.807, 2.05) is 60.7 Å². The molecule has 37 heavy (non-hydrogen) atoms. The van der Waals surface area contributed by atoms with Crippen LogP contribution in [0.25, 0.3) is 0 Å². The molecule has 0 saturated carbocycles. The quantitative estimate of drug-likeness (QED) is 0.345. The van der Waals surface area contributed by atoms with Gasteiger partial charge in [-0.1, -0.05) is 121 Å². The predicted octanol–water partition coefficient (Wildman–Crippen LogP) is 5.63. The molecule has 4 nitrogen and oxygen atoms in total. The van der Waals surface area contributed by atoms with Crippen molar-refractivity contribution in [1.29, 1.82) is 0 Å². The number of benzene rings is 4. The number of hydrogen-bond donors (Lipinski definition) is 1. The summed E-state index contributed by atoms with van der Waals surface area (Å²) in [7, 11) is 0. The zero-order valence-corrected chi connectivity index (χ0v) is 21.6. The second kappa shape index (κ2) is 12.0. The van der Waals surface area contributed by atoms with Crippen LogP contribution in [0.15, 0.2) is 121 Å². The van der Waals surface area contributed by atoms with Gasteiger partial charge in [-0.05, 0) is 34.5 Å². The molecule has 1 fully saturated rings. The molecule has 0 radical (unpaired) electrons. The third kappa shape index (κ3) is 5.96. The van der Waals surface area contributed by atoms with Crippen LogP contribution in [-0.4, -0.2) is 47.0 Å². The van der Waals surface area contributed by atoms with Crippen molar-refractivity contribution < 1.29 is 4.79 Å². The Morgan fingerprint density at radius 3 is 1.38 bits per heavy atom. The smallest absolute Gasteiger partial charge is 0.238 e. The van der Waals surface area contributed by atoms with Gasteiger partial charge >= 0.3 is 0 Å². The molecule has 4 aromatic carbocycles. The van der Waals surface area contributed by atoms with Gasteiger partial charge in [-0.25, -0.2) is 0 Å². The van der Waals surface area contributed by atoms with E-state index < -0.39 is 5.92 Å². The van der Waals surface area contributed by atoms with Crippen LogP contribution in [0, 0.1) is 0 Å². The number of nitrogens with zero attached hydrogens (tertiary/aromatic N) is 2. The van der Waals surface area contributed by atoms with Crippen molar-refractivity contribution in [3.8, 4) is 0 Å². The summed E-state index contributed by atoms with van der Waals surface area (Å²) < 4.78 is 0. The lowest BCUT2D eigenvalue weighted by Gasteiger charge is -2.40. The van der Waals surface area contributed by atoms with Gasteiger partial charge in [0.05, 0.1) is 12.0 Å². The van der Waals surface area contributed by atoms with Crippen LogP contribution in [0.3, 0.4) is 0 Å². The second-order valence-electron chi connectivity index (χ2n) is 9.30. The van der Waals surface area contributed by atoms with E-state index >= 15 is 0 Å². The lowest BCUT2D eigenvalue weighted by atomic mass is 9.90. The Labute approximate surface area is 224 Å². The Balaban J connectivity index is 1.27. The van der Waals surface area contributed by atoms with E-state index in [-0.39, 0.29) is 11.9 Å². The van der Waals surface area contributed by atoms with Crippen LogP contribution in [-0.2, 0) is 4.79 Å². The normalized spacial score (nSPS) is 14.1. The van der Waals surface area contributed by atoms with Crippen LogP contribution >= 0.6 is 12.2 Å². The van der Waals surface area contributed by atoms with E-state index in [0.29, 0.717) is 5.11 Å². The number of rotatable bonds is 6. The summed E-state index contributed by atoms with van der Waals surface area (Å²) in [6, 6.07) is 41.2. The summed E-state index contributed by atoms with van der Waals surface area (Å²) in [6.45, 7) is 3.23. The molecule has 4 aromatic rings. The van der Waals surface area contributed by atoms with E-state index in [1.54, 1.807) is 0 Å². The van der Waals surface area contributed by atoms with Crippen LogP contribution < -0.4 is 5.32 Å². The third-order valence-corrected chi connectivity index (χ3v) is 7.32. The summed E-state index contributed by atoms with van der Waals surface area (Å²) in [5, 5.41) is 3.55. The average Bonchev–Trinajstić information content (AvgIpc) is 2.96. The van der Waals surface area contributed by atoms with Gasteiger partial charge in [-0.2, -0.15) is 0 Å². The molecule has 1 amide bonds. The van der Waals surface area contributed by atoms with Crippen LogP contribution in [0.2, 0.25) is 0 Å². The molecule has 1 heterocycles. The van der Waals surface area contributed by atoms with Crippen molar-refractivity contribution in [2.24, 2.45) is 0 Å². The molecule has 5 rings (SSSR count). The van der Waals surface area contributed by atoms with Gasteiger partial charge in [0.2, 0.25) is 5.91 Å². The van der Waals surface area contributed by atoms with Gasteiger partial charge in [0.25, 0.3) is 0 Å². The lowest BCUT2D eigenvalue weighted by molar-refractivity contribution is -0.120. The summed E-state index contributed by atoms with van der Waals surface area (Å²) in [5.74, 6) is -0.515. The highest BCUT2D eigenvalue weighted by Crippen LogP contribution is 2.30. The molecule has 0 bridgehead atoms. The Morgan fingerprint density at radius 1 is 0.595 bits per heavy atom. The van der Waals surface area contributed by atoms with Crippen molar-refractivity contribution in [3.05, 3.63) is 144 Å². The van der Waals surface area contributed by atoms with Crippen molar-refractivity contribution in [3.63, 3.8) is 0 Å². The monoisotopic (exact) mass is 505 g/mol. The predicted molar refractivity (Wildman–Crippen MR) is 153 cm³/mol. The first-order valence-corrected chi connectivity index (χ1v) is 13.1. The van der Waals surface area contributed by atoms with Crippen molar-refractivity contribution in [1.82, 2.24) is 15.1 Å².